The second-order valence-corrected chi connectivity index (χ2v) is 6.18. The Morgan fingerprint density at radius 1 is 1.40 bits per heavy atom. The van der Waals surface area contributed by atoms with Gasteiger partial charge in [0.1, 0.15) is 0 Å². The SMILES string of the molecule is NC1(C2CCSc3ccc(Cl)cc32)CC1. The van der Waals surface area contributed by atoms with Gasteiger partial charge in [0.25, 0.3) is 0 Å². The van der Waals surface area contributed by atoms with Crippen LogP contribution in [-0.4, -0.2) is 11.3 Å². The van der Waals surface area contributed by atoms with Gasteiger partial charge in [-0.1, -0.05) is 11.6 Å². The van der Waals surface area contributed by atoms with Crippen LogP contribution in [0, 0.1) is 0 Å². The Kier molecular flexibility index (Phi) is 2.27. The van der Waals surface area contributed by atoms with Crippen LogP contribution in [0.2, 0.25) is 5.02 Å². The minimum absolute atomic E-state index is 0.0837. The molecule has 0 bridgehead atoms. The van der Waals surface area contributed by atoms with Crippen LogP contribution in [0.4, 0.5) is 0 Å². The molecule has 1 heterocycles. The lowest BCUT2D eigenvalue weighted by molar-refractivity contribution is 0.497. The van der Waals surface area contributed by atoms with Crippen molar-refractivity contribution in [3.8, 4) is 0 Å². The average Bonchev–Trinajstić information content (AvgIpc) is 2.96. The topological polar surface area (TPSA) is 26.0 Å². The second-order valence-electron chi connectivity index (χ2n) is 4.61. The van der Waals surface area contributed by atoms with Gasteiger partial charge in [-0.05, 0) is 48.8 Å². The van der Waals surface area contributed by atoms with Crippen molar-refractivity contribution in [1.29, 1.82) is 0 Å². The third kappa shape index (κ3) is 1.69. The summed E-state index contributed by atoms with van der Waals surface area (Å²) in [6.45, 7) is 0. The van der Waals surface area contributed by atoms with Gasteiger partial charge in [-0.15, -0.1) is 11.8 Å². The summed E-state index contributed by atoms with van der Waals surface area (Å²) in [6, 6.07) is 6.23. The van der Waals surface area contributed by atoms with E-state index in [4.69, 9.17) is 17.3 Å². The van der Waals surface area contributed by atoms with E-state index in [2.05, 4.69) is 12.1 Å². The molecule has 3 heteroatoms. The lowest BCUT2D eigenvalue weighted by atomic mass is 9.87. The van der Waals surface area contributed by atoms with Gasteiger partial charge < -0.3 is 5.73 Å². The van der Waals surface area contributed by atoms with Crippen molar-refractivity contribution >= 4 is 23.4 Å². The highest BCUT2D eigenvalue weighted by atomic mass is 35.5. The molecule has 0 spiro atoms. The van der Waals surface area contributed by atoms with Gasteiger partial charge in [0.05, 0.1) is 0 Å². The summed E-state index contributed by atoms with van der Waals surface area (Å²) in [5, 5.41) is 0.838. The zero-order valence-corrected chi connectivity index (χ0v) is 10.1. The van der Waals surface area contributed by atoms with Crippen molar-refractivity contribution < 1.29 is 0 Å². The summed E-state index contributed by atoms with van der Waals surface area (Å²) in [7, 11) is 0. The smallest absolute Gasteiger partial charge is 0.0409 e. The summed E-state index contributed by atoms with van der Waals surface area (Å²) in [6.07, 6.45) is 3.55. The molecule has 1 aromatic carbocycles. The van der Waals surface area contributed by atoms with Crippen molar-refractivity contribution in [1.82, 2.24) is 0 Å². The average molecular weight is 240 g/mol. The van der Waals surface area contributed by atoms with Gasteiger partial charge in [-0.2, -0.15) is 0 Å². The molecule has 0 amide bonds. The molecule has 1 nitrogen and oxygen atoms in total. The van der Waals surface area contributed by atoms with E-state index in [9.17, 15) is 0 Å². The monoisotopic (exact) mass is 239 g/mol. The van der Waals surface area contributed by atoms with Crippen LogP contribution >= 0.6 is 23.4 Å². The lowest BCUT2D eigenvalue weighted by Gasteiger charge is -2.30. The molecule has 1 atom stereocenters. The zero-order valence-electron chi connectivity index (χ0n) is 8.50. The van der Waals surface area contributed by atoms with E-state index in [1.807, 2.05) is 17.8 Å². The van der Waals surface area contributed by atoms with Crippen LogP contribution in [0.15, 0.2) is 23.1 Å². The molecule has 1 saturated carbocycles. The number of halogens is 1. The molecule has 2 aliphatic rings. The molecule has 3 rings (SSSR count). The first-order valence-corrected chi connectivity index (χ1v) is 6.76. The Morgan fingerprint density at radius 3 is 2.93 bits per heavy atom. The molecule has 15 heavy (non-hydrogen) atoms. The Bertz CT molecular complexity index is 401. The Hall–Kier alpha value is -0.180. The van der Waals surface area contributed by atoms with E-state index in [1.165, 1.54) is 35.5 Å². The number of nitrogens with two attached hydrogens (primary N) is 1. The van der Waals surface area contributed by atoms with Crippen molar-refractivity contribution in [2.45, 2.75) is 35.6 Å². The van der Waals surface area contributed by atoms with Crippen molar-refractivity contribution in [2.75, 3.05) is 5.75 Å². The van der Waals surface area contributed by atoms with Crippen LogP contribution < -0.4 is 5.73 Å². The van der Waals surface area contributed by atoms with Gasteiger partial charge in [-0.3, -0.25) is 0 Å². The summed E-state index contributed by atoms with van der Waals surface area (Å²) < 4.78 is 0. The minimum atomic E-state index is 0.0837. The fourth-order valence-electron chi connectivity index (χ4n) is 2.46. The van der Waals surface area contributed by atoms with Crippen LogP contribution in [0.1, 0.15) is 30.7 Å². The van der Waals surface area contributed by atoms with Crippen molar-refractivity contribution in [3.05, 3.63) is 28.8 Å². The molecule has 1 aliphatic carbocycles. The van der Waals surface area contributed by atoms with Crippen molar-refractivity contribution in [3.63, 3.8) is 0 Å². The second kappa shape index (κ2) is 3.41. The fraction of sp³-hybridized carbons (Fsp3) is 0.500. The summed E-state index contributed by atoms with van der Waals surface area (Å²) >= 11 is 7.99. The quantitative estimate of drug-likeness (QED) is 0.813. The third-order valence-electron chi connectivity index (χ3n) is 3.53. The predicted octanol–water partition coefficient (Wildman–Crippen LogP) is 3.41. The van der Waals surface area contributed by atoms with Crippen LogP contribution in [0.5, 0.6) is 0 Å². The summed E-state index contributed by atoms with van der Waals surface area (Å²) in [4.78, 5) is 1.38. The van der Waals surface area contributed by atoms with E-state index in [0.717, 1.165) is 5.02 Å². The first-order valence-electron chi connectivity index (χ1n) is 5.40. The number of benzene rings is 1. The Morgan fingerprint density at radius 2 is 2.20 bits per heavy atom. The highest BCUT2D eigenvalue weighted by Crippen LogP contribution is 2.52. The van der Waals surface area contributed by atoms with Gasteiger partial charge in [0.2, 0.25) is 0 Å². The zero-order chi connectivity index (χ0) is 10.5. The number of fused-ring (bicyclic) bond motifs is 1. The molecule has 1 aliphatic heterocycles. The molecule has 0 aromatic heterocycles. The number of rotatable bonds is 1. The molecule has 0 radical (unpaired) electrons. The molecule has 1 unspecified atom stereocenters. The van der Waals surface area contributed by atoms with E-state index in [-0.39, 0.29) is 5.54 Å². The van der Waals surface area contributed by atoms with E-state index in [0.29, 0.717) is 5.92 Å². The summed E-state index contributed by atoms with van der Waals surface area (Å²) in [5.74, 6) is 1.73. The maximum Gasteiger partial charge on any atom is 0.0409 e. The first-order chi connectivity index (χ1) is 7.19. The van der Waals surface area contributed by atoms with Crippen LogP contribution in [0.3, 0.4) is 0 Å². The fourth-order valence-corrected chi connectivity index (χ4v) is 3.74. The molecule has 0 saturated heterocycles. The van der Waals surface area contributed by atoms with Gasteiger partial charge in [0, 0.05) is 21.4 Å². The molecule has 1 fully saturated rings. The van der Waals surface area contributed by atoms with E-state index >= 15 is 0 Å². The Balaban J connectivity index is 2.05. The van der Waals surface area contributed by atoms with E-state index in [1.54, 1.807) is 0 Å². The Labute approximate surface area is 99.4 Å². The molecule has 1 aromatic rings. The predicted molar refractivity (Wildman–Crippen MR) is 65.7 cm³/mol. The maximum atomic E-state index is 6.33. The number of hydrogen-bond acceptors (Lipinski definition) is 2. The molecule has 80 valence electrons. The third-order valence-corrected chi connectivity index (χ3v) is 4.89. The number of thioether (sulfide) groups is 1. The molecule has 2 N–H and O–H groups in total. The highest BCUT2D eigenvalue weighted by Gasteiger charge is 2.47. The number of hydrogen-bond donors (Lipinski definition) is 1. The highest BCUT2D eigenvalue weighted by molar-refractivity contribution is 7.99. The lowest BCUT2D eigenvalue weighted by Crippen LogP contribution is -2.32. The molecular formula is C12H14ClNS. The van der Waals surface area contributed by atoms with Gasteiger partial charge >= 0.3 is 0 Å². The van der Waals surface area contributed by atoms with Crippen LogP contribution in [-0.2, 0) is 0 Å². The normalized spacial score (nSPS) is 27.2. The van der Waals surface area contributed by atoms with Crippen LogP contribution in [0.25, 0.3) is 0 Å². The van der Waals surface area contributed by atoms with Gasteiger partial charge in [0.15, 0.2) is 0 Å². The molecular weight excluding hydrogens is 226 g/mol. The maximum absolute atomic E-state index is 6.33. The summed E-state index contributed by atoms with van der Waals surface area (Å²) in [5.41, 5.74) is 7.81. The van der Waals surface area contributed by atoms with Crippen molar-refractivity contribution in [2.24, 2.45) is 5.73 Å². The standard InChI is InChI=1S/C12H14ClNS/c13-8-1-2-11-9(7-8)10(3-6-15-11)12(14)4-5-12/h1-2,7,10H,3-6,14H2. The first kappa shape index (κ1) is 10.0. The largest absolute Gasteiger partial charge is 0.325 e. The minimum Gasteiger partial charge on any atom is -0.325 e. The van der Waals surface area contributed by atoms with E-state index < -0.39 is 0 Å². The van der Waals surface area contributed by atoms with Gasteiger partial charge in [-0.25, -0.2) is 0 Å².